The molecule has 0 spiro atoms. The first-order valence-electron chi connectivity index (χ1n) is 5.29. The zero-order valence-electron chi connectivity index (χ0n) is 10.4. The Morgan fingerprint density at radius 2 is 2.06 bits per heavy atom. The summed E-state index contributed by atoms with van der Waals surface area (Å²) in [6.07, 6.45) is 0.510. The second-order valence-electron chi connectivity index (χ2n) is 4.30. The van der Waals surface area contributed by atoms with E-state index in [0.717, 1.165) is 5.57 Å². The van der Waals surface area contributed by atoms with Crippen molar-refractivity contribution in [2.75, 3.05) is 0 Å². The monoisotopic (exact) mass is 271 g/mol. The predicted octanol–water partition coefficient (Wildman–Crippen LogP) is 2.79. The molecule has 0 aliphatic heterocycles. The zero-order chi connectivity index (χ0) is 13.2. The highest BCUT2D eigenvalue weighted by atomic mass is 35.5. The van der Waals surface area contributed by atoms with Crippen LogP contribution >= 0.6 is 12.4 Å². The number of carboxylic acids is 1. The van der Waals surface area contributed by atoms with E-state index in [4.69, 9.17) is 10.8 Å². The lowest BCUT2D eigenvalue weighted by Crippen LogP contribution is -2.12. The van der Waals surface area contributed by atoms with E-state index >= 15 is 0 Å². The lowest BCUT2D eigenvalue weighted by molar-refractivity contribution is 0.0696. The summed E-state index contributed by atoms with van der Waals surface area (Å²) in [4.78, 5) is 10.9. The normalized spacial score (nSPS) is 11.5. The third kappa shape index (κ3) is 3.75. The van der Waals surface area contributed by atoms with Gasteiger partial charge in [-0.25, -0.2) is 4.79 Å². The summed E-state index contributed by atoms with van der Waals surface area (Å²) in [5, 5.41) is 18.8. The number of hydrogen-bond donors (Lipinski definition) is 3. The molecule has 100 valence electrons. The highest BCUT2D eigenvalue weighted by Gasteiger charge is 2.16. The van der Waals surface area contributed by atoms with Crippen molar-refractivity contribution in [2.45, 2.75) is 26.3 Å². The quantitative estimate of drug-likeness (QED) is 0.735. The molecule has 0 saturated heterocycles. The molecule has 4 nitrogen and oxygen atoms in total. The first kappa shape index (κ1) is 16.5. The van der Waals surface area contributed by atoms with Crippen LogP contribution in [-0.2, 0) is 0 Å². The van der Waals surface area contributed by atoms with Gasteiger partial charge in [-0.15, -0.1) is 19.0 Å². The molecule has 0 amide bonds. The van der Waals surface area contributed by atoms with Gasteiger partial charge >= 0.3 is 5.97 Å². The number of carbonyl (C=O) groups is 1. The Labute approximate surface area is 113 Å². The molecule has 0 radical (unpaired) electrons. The first-order valence-corrected chi connectivity index (χ1v) is 5.29. The van der Waals surface area contributed by atoms with Crippen LogP contribution in [0, 0.1) is 6.92 Å². The molecule has 0 unspecified atom stereocenters. The Morgan fingerprint density at radius 3 is 2.50 bits per heavy atom. The molecule has 0 aliphatic carbocycles. The Morgan fingerprint density at radius 1 is 1.50 bits per heavy atom. The predicted molar refractivity (Wildman–Crippen MR) is 73.4 cm³/mol. The highest BCUT2D eigenvalue weighted by molar-refractivity contribution is 5.88. The summed E-state index contributed by atoms with van der Waals surface area (Å²) in [6.45, 7) is 7.24. The number of benzene rings is 1. The van der Waals surface area contributed by atoms with Crippen LogP contribution in [0.3, 0.4) is 0 Å². The SMILES string of the molecule is C=C(C)C[C@H](N)c1cc(C(=O)O)cc(C)c1O.Cl. The molecule has 1 aromatic carbocycles. The van der Waals surface area contributed by atoms with Crippen molar-refractivity contribution in [1.29, 1.82) is 0 Å². The second kappa shape index (κ2) is 6.42. The van der Waals surface area contributed by atoms with Crippen molar-refractivity contribution < 1.29 is 15.0 Å². The van der Waals surface area contributed by atoms with E-state index in [0.29, 0.717) is 17.5 Å². The summed E-state index contributed by atoms with van der Waals surface area (Å²) < 4.78 is 0. The minimum atomic E-state index is -1.03. The van der Waals surface area contributed by atoms with Crippen molar-refractivity contribution in [2.24, 2.45) is 5.73 Å². The average Bonchev–Trinajstić information content (AvgIpc) is 2.20. The minimum Gasteiger partial charge on any atom is -0.507 e. The molecule has 1 atom stereocenters. The number of phenolic OH excluding ortho intramolecular Hbond substituents is 1. The Kier molecular flexibility index (Phi) is 5.88. The van der Waals surface area contributed by atoms with Crippen LogP contribution in [0.5, 0.6) is 5.75 Å². The van der Waals surface area contributed by atoms with Gasteiger partial charge in [0.05, 0.1) is 5.56 Å². The van der Waals surface area contributed by atoms with E-state index in [-0.39, 0.29) is 23.7 Å². The molecular formula is C13H18ClNO3. The fraction of sp³-hybridized carbons (Fsp3) is 0.308. The summed E-state index contributed by atoms with van der Waals surface area (Å²) in [5.74, 6) is -0.972. The van der Waals surface area contributed by atoms with Crippen molar-refractivity contribution in [3.63, 3.8) is 0 Å². The maximum atomic E-state index is 10.9. The highest BCUT2D eigenvalue weighted by Crippen LogP contribution is 2.30. The van der Waals surface area contributed by atoms with Crippen LogP contribution in [0.15, 0.2) is 24.3 Å². The molecule has 1 aromatic rings. The van der Waals surface area contributed by atoms with Crippen molar-refractivity contribution in [1.82, 2.24) is 0 Å². The van der Waals surface area contributed by atoms with Crippen LogP contribution in [0.2, 0.25) is 0 Å². The summed E-state index contributed by atoms with van der Waals surface area (Å²) in [5.41, 5.74) is 7.90. The molecule has 0 fully saturated rings. The Balaban J connectivity index is 0.00000289. The third-order valence-corrected chi connectivity index (χ3v) is 2.54. The second-order valence-corrected chi connectivity index (χ2v) is 4.30. The number of hydrogen-bond acceptors (Lipinski definition) is 3. The average molecular weight is 272 g/mol. The van der Waals surface area contributed by atoms with Gasteiger partial charge < -0.3 is 15.9 Å². The van der Waals surface area contributed by atoms with Crippen molar-refractivity contribution in [3.8, 4) is 5.75 Å². The van der Waals surface area contributed by atoms with E-state index < -0.39 is 12.0 Å². The lowest BCUT2D eigenvalue weighted by atomic mass is 9.96. The number of aryl methyl sites for hydroxylation is 1. The summed E-state index contributed by atoms with van der Waals surface area (Å²) in [7, 11) is 0. The van der Waals surface area contributed by atoms with Gasteiger partial charge in [0.15, 0.2) is 0 Å². The third-order valence-electron chi connectivity index (χ3n) is 2.54. The number of aromatic hydroxyl groups is 1. The smallest absolute Gasteiger partial charge is 0.335 e. The van der Waals surface area contributed by atoms with Gasteiger partial charge in [-0.05, 0) is 38.0 Å². The topological polar surface area (TPSA) is 83.6 Å². The fourth-order valence-electron chi connectivity index (χ4n) is 1.70. The number of halogens is 1. The standard InChI is InChI=1S/C13H17NO3.ClH/c1-7(2)4-11(14)10-6-9(13(16)17)5-8(3)12(10)15;/h5-6,11,15H,1,4,14H2,2-3H3,(H,16,17);1H/t11-;/m0./s1. The van der Waals surface area contributed by atoms with E-state index in [1.807, 2.05) is 6.92 Å². The van der Waals surface area contributed by atoms with Crippen molar-refractivity contribution in [3.05, 3.63) is 41.0 Å². The molecule has 1 rings (SSSR count). The molecule has 18 heavy (non-hydrogen) atoms. The van der Waals surface area contributed by atoms with Gasteiger partial charge in [-0.1, -0.05) is 5.57 Å². The van der Waals surface area contributed by atoms with Crippen LogP contribution < -0.4 is 5.73 Å². The van der Waals surface area contributed by atoms with Gasteiger partial charge in [0.1, 0.15) is 5.75 Å². The van der Waals surface area contributed by atoms with Gasteiger partial charge in [0.2, 0.25) is 0 Å². The Hall–Kier alpha value is -1.52. The maximum Gasteiger partial charge on any atom is 0.335 e. The number of nitrogens with two attached hydrogens (primary N) is 1. The largest absolute Gasteiger partial charge is 0.507 e. The molecule has 5 heteroatoms. The number of rotatable bonds is 4. The molecule has 4 N–H and O–H groups in total. The molecular weight excluding hydrogens is 254 g/mol. The first-order chi connectivity index (χ1) is 7.82. The van der Waals surface area contributed by atoms with E-state index in [9.17, 15) is 9.90 Å². The molecule has 0 aromatic heterocycles. The van der Waals surface area contributed by atoms with Crippen molar-refractivity contribution >= 4 is 18.4 Å². The number of phenols is 1. The molecule has 0 aliphatic rings. The van der Waals surface area contributed by atoms with Crippen LogP contribution in [0.25, 0.3) is 0 Å². The van der Waals surface area contributed by atoms with E-state index in [1.54, 1.807) is 6.92 Å². The minimum absolute atomic E-state index is 0. The zero-order valence-corrected chi connectivity index (χ0v) is 11.3. The van der Waals surface area contributed by atoms with Crippen LogP contribution in [0.1, 0.15) is 40.9 Å². The van der Waals surface area contributed by atoms with Gasteiger partial charge in [0, 0.05) is 11.6 Å². The van der Waals surface area contributed by atoms with Gasteiger partial charge in [0.25, 0.3) is 0 Å². The Bertz CT molecular complexity index is 472. The lowest BCUT2D eigenvalue weighted by Gasteiger charge is -2.16. The van der Waals surface area contributed by atoms with Crippen LogP contribution in [0.4, 0.5) is 0 Å². The van der Waals surface area contributed by atoms with Crippen LogP contribution in [-0.4, -0.2) is 16.2 Å². The summed E-state index contributed by atoms with van der Waals surface area (Å²) >= 11 is 0. The van der Waals surface area contributed by atoms with Gasteiger partial charge in [-0.3, -0.25) is 0 Å². The number of carboxylic acid groups (broad SMARTS) is 1. The fourth-order valence-corrected chi connectivity index (χ4v) is 1.70. The molecule has 0 bridgehead atoms. The van der Waals surface area contributed by atoms with Gasteiger partial charge in [-0.2, -0.15) is 0 Å². The maximum absolute atomic E-state index is 10.9. The molecule has 0 heterocycles. The molecule has 0 saturated carbocycles. The van der Waals surface area contributed by atoms with E-state index in [2.05, 4.69) is 6.58 Å². The summed E-state index contributed by atoms with van der Waals surface area (Å²) in [6, 6.07) is 2.40. The number of aromatic carboxylic acids is 1. The van der Waals surface area contributed by atoms with E-state index in [1.165, 1.54) is 12.1 Å².